The topological polar surface area (TPSA) is 76.8 Å². The van der Waals surface area contributed by atoms with Crippen molar-refractivity contribution in [3.63, 3.8) is 0 Å². The second kappa shape index (κ2) is 7.72. The number of nitrogens with zero attached hydrogens (tertiary/aromatic N) is 3. The summed E-state index contributed by atoms with van der Waals surface area (Å²) >= 11 is 0. The van der Waals surface area contributed by atoms with Gasteiger partial charge in [0.1, 0.15) is 0 Å². The van der Waals surface area contributed by atoms with Crippen molar-refractivity contribution < 1.29 is 27.8 Å². The van der Waals surface area contributed by atoms with Crippen molar-refractivity contribution >= 4 is 11.7 Å². The van der Waals surface area contributed by atoms with Crippen LogP contribution in [0.3, 0.4) is 0 Å². The van der Waals surface area contributed by atoms with Gasteiger partial charge >= 0.3 is 12.1 Å². The van der Waals surface area contributed by atoms with E-state index in [9.17, 15) is 13.2 Å². The Bertz CT molecular complexity index is 643. The maximum absolute atomic E-state index is 10.6. The number of hydrogen-bond donors (Lipinski definition) is 1. The Labute approximate surface area is 143 Å². The number of fused-ring (bicyclic) bond motifs is 1. The Morgan fingerprint density at radius 3 is 2.40 bits per heavy atom. The van der Waals surface area contributed by atoms with Gasteiger partial charge in [-0.05, 0) is 31.3 Å². The van der Waals surface area contributed by atoms with Crippen LogP contribution in [0.4, 0.5) is 18.9 Å². The normalized spacial score (nSPS) is 23.2. The largest absolute Gasteiger partial charge is 0.490 e. The van der Waals surface area contributed by atoms with E-state index in [0.29, 0.717) is 17.7 Å². The zero-order valence-corrected chi connectivity index (χ0v) is 13.5. The fraction of sp³-hybridized carbons (Fsp3) is 0.500. The number of nitriles is 1. The van der Waals surface area contributed by atoms with Crippen molar-refractivity contribution in [3.8, 4) is 6.07 Å². The summed E-state index contributed by atoms with van der Waals surface area (Å²) in [5.74, 6) is -2.76. The van der Waals surface area contributed by atoms with Crippen LogP contribution in [0.15, 0.2) is 24.3 Å². The van der Waals surface area contributed by atoms with Crippen LogP contribution in [0.2, 0.25) is 0 Å². The Balaban J connectivity index is 0.000000277. The number of likely N-dealkylation sites (N-methyl/N-ethyl adjacent to an activating group) is 1. The van der Waals surface area contributed by atoms with Crippen molar-refractivity contribution in [1.82, 2.24) is 4.90 Å². The van der Waals surface area contributed by atoms with Crippen molar-refractivity contribution in [3.05, 3.63) is 29.8 Å². The van der Waals surface area contributed by atoms with Crippen molar-refractivity contribution in [2.24, 2.45) is 0 Å². The third kappa shape index (κ3) is 4.84. The smallest absolute Gasteiger partial charge is 0.475 e. The number of carbonyl (C=O) groups is 1. The van der Waals surface area contributed by atoms with E-state index >= 15 is 0 Å². The van der Waals surface area contributed by atoms with E-state index in [1.807, 2.05) is 24.3 Å². The highest BCUT2D eigenvalue weighted by atomic mass is 19.4. The first-order valence-corrected chi connectivity index (χ1v) is 7.59. The molecule has 0 radical (unpaired) electrons. The number of morpholine rings is 1. The molecule has 2 atom stereocenters. The molecule has 1 aromatic carbocycles. The summed E-state index contributed by atoms with van der Waals surface area (Å²) in [6, 6.07) is 10.4. The molecule has 0 spiro atoms. The van der Waals surface area contributed by atoms with Gasteiger partial charge in [0, 0.05) is 25.3 Å². The van der Waals surface area contributed by atoms with Gasteiger partial charge in [-0.1, -0.05) is 0 Å². The third-order valence-electron chi connectivity index (χ3n) is 4.18. The molecule has 0 saturated carbocycles. The van der Waals surface area contributed by atoms with Gasteiger partial charge in [0.2, 0.25) is 0 Å². The predicted molar refractivity (Wildman–Crippen MR) is 83.2 cm³/mol. The Morgan fingerprint density at radius 2 is 1.92 bits per heavy atom. The van der Waals surface area contributed by atoms with Crippen molar-refractivity contribution in [1.29, 1.82) is 5.26 Å². The van der Waals surface area contributed by atoms with E-state index in [0.717, 1.165) is 26.2 Å². The summed E-state index contributed by atoms with van der Waals surface area (Å²) in [5, 5.41) is 15.9. The molecule has 2 saturated heterocycles. The summed E-state index contributed by atoms with van der Waals surface area (Å²) < 4.78 is 37.6. The van der Waals surface area contributed by atoms with Crippen molar-refractivity contribution in [2.75, 3.05) is 38.2 Å². The number of aliphatic carboxylic acids is 1. The predicted octanol–water partition coefficient (Wildman–Crippen LogP) is 1.71. The molecule has 0 amide bonds. The fourth-order valence-electron chi connectivity index (χ4n) is 2.82. The quantitative estimate of drug-likeness (QED) is 0.825. The molecule has 0 aliphatic carbocycles. The number of rotatable bonds is 1. The van der Waals surface area contributed by atoms with Gasteiger partial charge in [0.15, 0.2) is 0 Å². The average Bonchev–Trinajstić information content (AvgIpc) is 3.00. The number of anilines is 1. The maximum atomic E-state index is 10.6. The number of ether oxygens (including phenoxy) is 1. The van der Waals surface area contributed by atoms with Gasteiger partial charge in [-0.2, -0.15) is 18.4 Å². The van der Waals surface area contributed by atoms with Gasteiger partial charge in [-0.3, -0.25) is 4.90 Å². The molecule has 6 nitrogen and oxygen atoms in total. The third-order valence-corrected chi connectivity index (χ3v) is 4.18. The van der Waals surface area contributed by atoms with Gasteiger partial charge in [-0.15, -0.1) is 0 Å². The molecule has 3 rings (SSSR count). The zero-order valence-electron chi connectivity index (χ0n) is 13.5. The highest BCUT2D eigenvalue weighted by molar-refractivity contribution is 5.73. The molecule has 2 aliphatic rings. The minimum atomic E-state index is -5.08. The summed E-state index contributed by atoms with van der Waals surface area (Å²) in [6.45, 7) is 3.80. The molecule has 2 heterocycles. The standard InChI is InChI=1S/C14H17N3O.C2HF3O2/c1-16-6-7-18-14-10-17(9-13(14)16)12-4-2-11(8-15)3-5-12;3-2(4,5)1(6)7/h2-5,13-14H,6-7,9-10H2,1H3;(H,6,7)/t13-,14+;/m1./s1. The molecule has 0 bridgehead atoms. The lowest BCUT2D eigenvalue weighted by molar-refractivity contribution is -0.192. The van der Waals surface area contributed by atoms with E-state index < -0.39 is 12.1 Å². The number of carboxylic acid groups (broad SMARTS) is 1. The van der Waals surface area contributed by atoms with Crippen LogP contribution in [0.1, 0.15) is 5.56 Å². The lowest BCUT2D eigenvalue weighted by Crippen LogP contribution is -2.48. The number of hydrogen-bond acceptors (Lipinski definition) is 5. The fourth-order valence-corrected chi connectivity index (χ4v) is 2.82. The van der Waals surface area contributed by atoms with Crippen LogP contribution >= 0.6 is 0 Å². The zero-order chi connectivity index (χ0) is 18.6. The molecule has 0 unspecified atom stereocenters. The van der Waals surface area contributed by atoms with Crippen LogP contribution in [0.5, 0.6) is 0 Å². The Morgan fingerprint density at radius 1 is 1.32 bits per heavy atom. The van der Waals surface area contributed by atoms with Crippen LogP contribution in [-0.4, -0.2) is 67.6 Å². The minimum Gasteiger partial charge on any atom is -0.475 e. The molecule has 9 heteroatoms. The molecule has 2 fully saturated rings. The summed E-state index contributed by atoms with van der Waals surface area (Å²) in [7, 11) is 2.17. The van der Waals surface area contributed by atoms with E-state index in [1.54, 1.807) is 0 Å². The lowest BCUT2D eigenvalue weighted by Gasteiger charge is -2.33. The van der Waals surface area contributed by atoms with Crippen LogP contribution in [0.25, 0.3) is 0 Å². The second-order valence-corrected chi connectivity index (χ2v) is 5.82. The van der Waals surface area contributed by atoms with E-state index in [1.165, 1.54) is 5.69 Å². The lowest BCUT2D eigenvalue weighted by atomic mass is 10.1. The second-order valence-electron chi connectivity index (χ2n) is 5.82. The molecular weight excluding hydrogens is 339 g/mol. The number of benzene rings is 1. The van der Waals surface area contributed by atoms with Gasteiger partial charge < -0.3 is 14.7 Å². The number of carboxylic acids is 1. The number of halogens is 3. The van der Waals surface area contributed by atoms with Gasteiger partial charge in [0.25, 0.3) is 0 Å². The molecule has 1 aromatic rings. The molecule has 136 valence electrons. The minimum absolute atomic E-state index is 0.319. The average molecular weight is 357 g/mol. The van der Waals surface area contributed by atoms with Crippen LogP contribution in [-0.2, 0) is 9.53 Å². The number of alkyl halides is 3. The van der Waals surface area contributed by atoms with E-state index in [2.05, 4.69) is 22.9 Å². The molecule has 2 aliphatic heterocycles. The summed E-state index contributed by atoms with van der Waals surface area (Å²) in [6.07, 6.45) is -4.76. The van der Waals surface area contributed by atoms with Crippen molar-refractivity contribution in [2.45, 2.75) is 18.3 Å². The first-order chi connectivity index (χ1) is 11.7. The molecule has 1 N–H and O–H groups in total. The first-order valence-electron chi connectivity index (χ1n) is 7.59. The van der Waals surface area contributed by atoms with E-state index in [4.69, 9.17) is 19.9 Å². The Hall–Kier alpha value is -2.31. The SMILES string of the molecule is CN1CCO[C@H]2CN(c3ccc(C#N)cc3)C[C@H]21.O=C(O)C(F)(F)F. The highest BCUT2D eigenvalue weighted by Gasteiger charge is 2.39. The molecule has 25 heavy (non-hydrogen) atoms. The summed E-state index contributed by atoms with van der Waals surface area (Å²) in [5.41, 5.74) is 1.89. The molecule has 0 aromatic heterocycles. The monoisotopic (exact) mass is 357 g/mol. The van der Waals surface area contributed by atoms with Crippen LogP contribution < -0.4 is 4.90 Å². The highest BCUT2D eigenvalue weighted by Crippen LogP contribution is 2.26. The van der Waals surface area contributed by atoms with Gasteiger partial charge in [-0.25, -0.2) is 4.79 Å². The molecular formula is C16H18F3N3O3. The maximum Gasteiger partial charge on any atom is 0.490 e. The Kier molecular flexibility index (Phi) is 5.87. The first kappa shape index (κ1) is 19.0. The van der Waals surface area contributed by atoms with E-state index in [-0.39, 0.29) is 0 Å². The van der Waals surface area contributed by atoms with Gasteiger partial charge in [0.05, 0.1) is 30.4 Å². The van der Waals surface area contributed by atoms with Crippen LogP contribution in [0, 0.1) is 11.3 Å². The summed E-state index contributed by atoms with van der Waals surface area (Å²) in [4.78, 5) is 13.6.